The van der Waals surface area contributed by atoms with Crippen LogP contribution >= 0.6 is 15.9 Å². The Kier molecular flexibility index (Phi) is 6.66. The zero-order valence-electron chi connectivity index (χ0n) is 14.5. The van der Waals surface area contributed by atoms with Crippen LogP contribution in [0.5, 0.6) is 5.75 Å². The molecule has 0 unspecified atom stereocenters. The van der Waals surface area contributed by atoms with Crippen LogP contribution < -0.4 is 4.74 Å². The number of nitrogens with zero attached hydrogens (tertiary/aromatic N) is 1. The van der Waals surface area contributed by atoms with Crippen LogP contribution in [0.3, 0.4) is 0 Å². The van der Waals surface area contributed by atoms with E-state index in [0.29, 0.717) is 17.9 Å². The van der Waals surface area contributed by atoms with E-state index in [2.05, 4.69) is 33.0 Å². The Balaban J connectivity index is 1.67. The third-order valence-electron chi connectivity index (χ3n) is 4.24. The van der Waals surface area contributed by atoms with Crippen molar-refractivity contribution in [2.75, 3.05) is 26.3 Å². The normalized spacial score (nSPS) is 15.0. The molecule has 0 atom stereocenters. The topological polar surface area (TPSA) is 59.0 Å². The molecule has 138 valence electrons. The molecule has 0 aliphatic carbocycles. The first kappa shape index (κ1) is 18.9. The SMILES string of the molecule is O=C(O)Cc1ccccc1OCc1cc(Br)cc(CN2CCOCC2)c1. The van der Waals surface area contributed by atoms with Crippen LogP contribution in [0, 0.1) is 0 Å². The number of morpholine rings is 1. The van der Waals surface area contributed by atoms with Crippen molar-refractivity contribution in [3.05, 3.63) is 63.6 Å². The second kappa shape index (κ2) is 9.16. The van der Waals surface area contributed by atoms with Gasteiger partial charge in [-0.25, -0.2) is 0 Å². The van der Waals surface area contributed by atoms with Gasteiger partial charge in [-0.2, -0.15) is 0 Å². The first-order valence-electron chi connectivity index (χ1n) is 8.61. The van der Waals surface area contributed by atoms with Gasteiger partial charge in [-0.3, -0.25) is 9.69 Å². The molecular formula is C20H22BrNO4. The lowest BCUT2D eigenvalue weighted by molar-refractivity contribution is -0.136. The maximum Gasteiger partial charge on any atom is 0.307 e. The van der Waals surface area contributed by atoms with Gasteiger partial charge in [0.05, 0.1) is 19.6 Å². The maximum atomic E-state index is 11.0. The van der Waals surface area contributed by atoms with Crippen molar-refractivity contribution < 1.29 is 19.4 Å². The van der Waals surface area contributed by atoms with Crippen LogP contribution in [0.2, 0.25) is 0 Å². The van der Waals surface area contributed by atoms with E-state index in [4.69, 9.17) is 14.6 Å². The summed E-state index contributed by atoms with van der Waals surface area (Å²) in [5, 5.41) is 9.03. The van der Waals surface area contributed by atoms with E-state index in [1.165, 1.54) is 5.56 Å². The average molecular weight is 420 g/mol. The first-order chi connectivity index (χ1) is 12.6. The van der Waals surface area contributed by atoms with Crippen LogP contribution in [-0.4, -0.2) is 42.3 Å². The molecule has 0 amide bonds. The molecule has 0 saturated carbocycles. The second-order valence-electron chi connectivity index (χ2n) is 6.32. The molecule has 0 aromatic heterocycles. The van der Waals surface area contributed by atoms with Crippen molar-refractivity contribution in [2.45, 2.75) is 19.6 Å². The predicted octanol–water partition coefficient (Wildman–Crippen LogP) is 3.49. The van der Waals surface area contributed by atoms with Gasteiger partial charge in [0.25, 0.3) is 0 Å². The molecule has 3 rings (SSSR count). The Labute approximate surface area is 161 Å². The summed E-state index contributed by atoms with van der Waals surface area (Å²) < 4.78 is 12.3. The number of carbonyl (C=O) groups is 1. The summed E-state index contributed by atoms with van der Waals surface area (Å²) in [5.74, 6) is -0.249. The molecule has 1 saturated heterocycles. The molecular weight excluding hydrogens is 398 g/mol. The third-order valence-corrected chi connectivity index (χ3v) is 4.69. The Morgan fingerprint density at radius 3 is 2.65 bits per heavy atom. The van der Waals surface area contributed by atoms with Gasteiger partial charge in [0.2, 0.25) is 0 Å². The number of hydrogen-bond donors (Lipinski definition) is 1. The molecule has 1 aliphatic rings. The van der Waals surface area contributed by atoms with Crippen molar-refractivity contribution in [1.82, 2.24) is 4.90 Å². The smallest absolute Gasteiger partial charge is 0.307 e. The fraction of sp³-hybridized carbons (Fsp3) is 0.350. The fourth-order valence-corrected chi connectivity index (χ4v) is 3.61. The standard InChI is InChI=1S/C20H22BrNO4/c21-18-10-15(13-22-5-7-25-8-6-22)9-16(11-18)14-26-19-4-2-1-3-17(19)12-20(23)24/h1-4,9-11H,5-8,12-14H2,(H,23,24). The highest BCUT2D eigenvalue weighted by Crippen LogP contribution is 2.22. The van der Waals surface area contributed by atoms with E-state index in [1.54, 1.807) is 6.07 Å². The minimum absolute atomic E-state index is 0.0447. The first-order valence-corrected chi connectivity index (χ1v) is 9.40. The molecule has 26 heavy (non-hydrogen) atoms. The molecule has 1 heterocycles. The summed E-state index contributed by atoms with van der Waals surface area (Å²) in [6.07, 6.45) is -0.0447. The lowest BCUT2D eigenvalue weighted by Crippen LogP contribution is -2.35. The largest absolute Gasteiger partial charge is 0.489 e. The zero-order valence-corrected chi connectivity index (χ0v) is 16.1. The van der Waals surface area contributed by atoms with Crippen molar-refractivity contribution in [1.29, 1.82) is 0 Å². The molecule has 2 aromatic carbocycles. The molecule has 0 bridgehead atoms. The van der Waals surface area contributed by atoms with Gasteiger partial charge < -0.3 is 14.6 Å². The van der Waals surface area contributed by atoms with Crippen LogP contribution in [0.1, 0.15) is 16.7 Å². The summed E-state index contributed by atoms with van der Waals surface area (Å²) in [6.45, 7) is 4.73. The van der Waals surface area contributed by atoms with Gasteiger partial charge in [-0.1, -0.05) is 40.2 Å². The number of carboxylic acid groups (broad SMARTS) is 1. The van der Waals surface area contributed by atoms with E-state index >= 15 is 0 Å². The number of ether oxygens (including phenoxy) is 2. The molecule has 1 fully saturated rings. The van der Waals surface area contributed by atoms with Gasteiger partial charge >= 0.3 is 5.97 Å². The highest BCUT2D eigenvalue weighted by molar-refractivity contribution is 9.10. The van der Waals surface area contributed by atoms with Gasteiger partial charge in [-0.05, 0) is 29.3 Å². The van der Waals surface area contributed by atoms with Crippen molar-refractivity contribution in [3.63, 3.8) is 0 Å². The molecule has 0 spiro atoms. The lowest BCUT2D eigenvalue weighted by Gasteiger charge is -2.26. The van der Waals surface area contributed by atoms with Crippen LogP contribution in [0.4, 0.5) is 0 Å². The molecule has 1 aliphatic heterocycles. The van der Waals surface area contributed by atoms with E-state index in [-0.39, 0.29) is 6.42 Å². The summed E-state index contributed by atoms with van der Waals surface area (Å²) in [4.78, 5) is 13.4. The van der Waals surface area contributed by atoms with E-state index in [0.717, 1.165) is 42.9 Å². The van der Waals surface area contributed by atoms with Gasteiger partial charge in [0.15, 0.2) is 0 Å². The number of carboxylic acids is 1. The Morgan fingerprint density at radius 2 is 1.88 bits per heavy atom. The van der Waals surface area contributed by atoms with E-state index in [1.807, 2.05) is 24.3 Å². The van der Waals surface area contributed by atoms with Gasteiger partial charge in [0, 0.05) is 29.7 Å². The van der Waals surface area contributed by atoms with Gasteiger partial charge in [-0.15, -0.1) is 0 Å². The van der Waals surface area contributed by atoms with Gasteiger partial charge in [0.1, 0.15) is 12.4 Å². The highest BCUT2D eigenvalue weighted by Gasteiger charge is 2.12. The highest BCUT2D eigenvalue weighted by atomic mass is 79.9. The minimum Gasteiger partial charge on any atom is -0.489 e. The molecule has 2 aromatic rings. The molecule has 6 heteroatoms. The Morgan fingerprint density at radius 1 is 1.15 bits per heavy atom. The molecule has 0 radical (unpaired) electrons. The predicted molar refractivity (Wildman–Crippen MR) is 102 cm³/mol. The van der Waals surface area contributed by atoms with Crippen LogP contribution in [0.15, 0.2) is 46.9 Å². The van der Waals surface area contributed by atoms with Crippen LogP contribution in [0.25, 0.3) is 0 Å². The summed E-state index contributed by atoms with van der Waals surface area (Å²) in [6, 6.07) is 13.6. The fourth-order valence-electron chi connectivity index (χ4n) is 3.02. The summed E-state index contributed by atoms with van der Waals surface area (Å²) in [7, 11) is 0. The minimum atomic E-state index is -0.865. The summed E-state index contributed by atoms with van der Waals surface area (Å²) >= 11 is 3.57. The van der Waals surface area contributed by atoms with E-state index in [9.17, 15) is 4.79 Å². The van der Waals surface area contributed by atoms with E-state index < -0.39 is 5.97 Å². The van der Waals surface area contributed by atoms with Crippen molar-refractivity contribution >= 4 is 21.9 Å². The zero-order chi connectivity index (χ0) is 18.4. The summed E-state index contributed by atoms with van der Waals surface area (Å²) in [5.41, 5.74) is 2.95. The Hall–Kier alpha value is -1.89. The van der Waals surface area contributed by atoms with Crippen molar-refractivity contribution in [2.24, 2.45) is 0 Å². The second-order valence-corrected chi connectivity index (χ2v) is 7.24. The lowest BCUT2D eigenvalue weighted by atomic mass is 10.1. The number of aliphatic carboxylic acids is 1. The average Bonchev–Trinajstić information content (AvgIpc) is 2.61. The van der Waals surface area contributed by atoms with Crippen LogP contribution in [-0.2, 0) is 29.1 Å². The number of rotatable bonds is 7. The van der Waals surface area contributed by atoms with Crippen molar-refractivity contribution in [3.8, 4) is 5.75 Å². The quantitative estimate of drug-likeness (QED) is 0.743. The third kappa shape index (κ3) is 5.56. The number of para-hydroxylation sites is 1. The molecule has 5 nitrogen and oxygen atoms in total. The Bertz CT molecular complexity index is 759. The number of halogens is 1. The molecule has 1 N–H and O–H groups in total. The number of hydrogen-bond acceptors (Lipinski definition) is 4. The monoisotopic (exact) mass is 419 g/mol. The number of benzene rings is 2. The maximum absolute atomic E-state index is 11.0.